The van der Waals surface area contributed by atoms with Gasteiger partial charge in [-0.2, -0.15) is 0 Å². The minimum absolute atomic E-state index is 0.454. The van der Waals surface area contributed by atoms with Gasteiger partial charge in [-0.3, -0.25) is 0 Å². The first-order valence-corrected chi connectivity index (χ1v) is 8.40. The number of aromatic nitrogens is 2. The first-order chi connectivity index (χ1) is 9.78. The van der Waals surface area contributed by atoms with E-state index in [9.17, 15) is 0 Å². The highest BCUT2D eigenvalue weighted by atomic mass is 35.5. The lowest BCUT2D eigenvalue weighted by Crippen LogP contribution is -2.04. The van der Waals surface area contributed by atoms with Crippen LogP contribution in [0.5, 0.6) is 0 Å². The molecule has 0 unspecified atom stereocenters. The summed E-state index contributed by atoms with van der Waals surface area (Å²) in [6.45, 7) is 1.01. The molecule has 3 rings (SSSR count). The van der Waals surface area contributed by atoms with Gasteiger partial charge in [0, 0.05) is 11.6 Å². The molecule has 1 aliphatic rings. The van der Waals surface area contributed by atoms with Crippen molar-refractivity contribution in [3.8, 4) is 0 Å². The Hall–Kier alpha value is -0.730. The number of alkyl halides is 1. The Morgan fingerprint density at radius 1 is 1.25 bits per heavy atom. The highest BCUT2D eigenvalue weighted by Gasteiger charge is 2.15. The summed E-state index contributed by atoms with van der Waals surface area (Å²) in [4.78, 5) is 4.59. The molecule has 2 nitrogen and oxygen atoms in total. The standard InChI is InChI=1S/C16H20Cl2N2/c17-11-16-19-14-10-13(18)7-8-15(14)20(16)9-3-6-12-4-1-2-5-12/h7-8,10,12H,1-6,9,11H2. The van der Waals surface area contributed by atoms with Gasteiger partial charge in [0.25, 0.3) is 0 Å². The molecule has 1 aromatic carbocycles. The topological polar surface area (TPSA) is 17.8 Å². The molecule has 1 aromatic heterocycles. The number of halogens is 2. The number of imidazole rings is 1. The molecule has 1 fully saturated rings. The molecule has 0 N–H and O–H groups in total. The fraction of sp³-hybridized carbons (Fsp3) is 0.562. The summed E-state index contributed by atoms with van der Waals surface area (Å²) in [5, 5.41) is 0.731. The van der Waals surface area contributed by atoms with Crippen molar-refractivity contribution in [3.63, 3.8) is 0 Å². The number of rotatable bonds is 5. The van der Waals surface area contributed by atoms with E-state index >= 15 is 0 Å². The number of hydrogen-bond donors (Lipinski definition) is 0. The minimum atomic E-state index is 0.454. The molecule has 0 radical (unpaired) electrons. The van der Waals surface area contributed by atoms with Crippen LogP contribution in [0.25, 0.3) is 11.0 Å². The maximum Gasteiger partial charge on any atom is 0.124 e. The first-order valence-electron chi connectivity index (χ1n) is 7.48. The fourth-order valence-electron chi connectivity index (χ4n) is 3.34. The van der Waals surface area contributed by atoms with Gasteiger partial charge in [0.1, 0.15) is 5.82 Å². The molecule has 20 heavy (non-hydrogen) atoms. The number of fused-ring (bicyclic) bond motifs is 1. The average molecular weight is 311 g/mol. The Bertz CT molecular complexity index is 585. The summed E-state index contributed by atoms with van der Waals surface area (Å²) in [6.07, 6.45) is 8.22. The predicted molar refractivity (Wildman–Crippen MR) is 85.5 cm³/mol. The third kappa shape index (κ3) is 2.96. The Kier molecular flexibility index (Phi) is 4.52. The van der Waals surface area contributed by atoms with E-state index in [0.717, 1.165) is 34.3 Å². The predicted octanol–water partition coefficient (Wildman–Crippen LogP) is 5.40. The second kappa shape index (κ2) is 6.36. The first kappa shape index (κ1) is 14.2. The van der Waals surface area contributed by atoms with Crippen molar-refractivity contribution in [1.29, 1.82) is 0 Å². The molecule has 0 saturated heterocycles. The monoisotopic (exact) mass is 310 g/mol. The van der Waals surface area contributed by atoms with Crippen LogP contribution in [-0.4, -0.2) is 9.55 Å². The van der Waals surface area contributed by atoms with Crippen molar-refractivity contribution in [2.24, 2.45) is 5.92 Å². The number of nitrogens with zero attached hydrogens (tertiary/aromatic N) is 2. The summed E-state index contributed by atoms with van der Waals surface area (Å²) in [5.41, 5.74) is 2.10. The zero-order valence-electron chi connectivity index (χ0n) is 11.6. The van der Waals surface area contributed by atoms with Crippen LogP contribution < -0.4 is 0 Å². The Balaban J connectivity index is 1.75. The van der Waals surface area contributed by atoms with E-state index in [1.807, 2.05) is 12.1 Å². The Morgan fingerprint density at radius 2 is 2.05 bits per heavy atom. The SMILES string of the molecule is ClCc1nc2cc(Cl)ccc2n1CCCC1CCCC1. The van der Waals surface area contributed by atoms with E-state index < -0.39 is 0 Å². The second-order valence-corrected chi connectivity index (χ2v) is 6.44. The smallest absolute Gasteiger partial charge is 0.124 e. The van der Waals surface area contributed by atoms with E-state index in [0.29, 0.717) is 5.88 Å². The van der Waals surface area contributed by atoms with E-state index in [1.54, 1.807) is 0 Å². The van der Waals surface area contributed by atoms with Gasteiger partial charge in [-0.25, -0.2) is 4.98 Å². The van der Waals surface area contributed by atoms with Gasteiger partial charge in [-0.1, -0.05) is 37.3 Å². The molecule has 108 valence electrons. The Morgan fingerprint density at radius 3 is 2.80 bits per heavy atom. The van der Waals surface area contributed by atoms with Gasteiger partial charge in [0.15, 0.2) is 0 Å². The maximum atomic E-state index is 6.03. The van der Waals surface area contributed by atoms with E-state index in [-0.39, 0.29) is 0 Å². The zero-order valence-corrected chi connectivity index (χ0v) is 13.1. The van der Waals surface area contributed by atoms with Gasteiger partial charge in [0.2, 0.25) is 0 Å². The molecular weight excluding hydrogens is 291 g/mol. The average Bonchev–Trinajstić information content (AvgIpc) is 3.06. The van der Waals surface area contributed by atoms with Crippen LogP contribution in [0, 0.1) is 5.92 Å². The van der Waals surface area contributed by atoms with Crippen LogP contribution in [0.3, 0.4) is 0 Å². The van der Waals surface area contributed by atoms with Crippen LogP contribution in [0.2, 0.25) is 5.02 Å². The summed E-state index contributed by atoms with van der Waals surface area (Å²) in [7, 11) is 0. The van der Waals surface area contributed by atoms with Gasteiger partial charge >= 0.3 is 0 Å². The molecule has 0 spiro atoms. The summed E-state index contributed by atoms with van der Waals surface area (Å²) in [6, 6.07) is 5.90. The normalized spacial score (nSPS) is 16.3. The van der Waals surface area contributed by atoms with Gasteiger partial charge < -0.3 is 4.57 Å². The molecule has 1 saturated carbocycles. The summed E-state index contributed by atoms with van der Waals surface area (Å²) in [5.74, 6) is 2.35. The largest absolute Gasteiger partial charge is 0.327 e. The third-order valence-corrected chi connectivity index (χ3v) is 4.85. The quantitative estimate of drug-likeness (QED) is 0.676. The van der Waals surface area contributed by atoms with Crippen molar-refractivity contribution in [2.45, 2.75) is 50.9 Å². The molecule has 2 aromatic rings. The van der Waals surface area contributed by atoms with Crippen molar-refractivity contribution in [2.75, 3.05) is 0 Å². The number of benzene rings is 1. The zero-order chi connectivity index (χ0) is 13.9. The maximum absolute atomic E-state index is 6.03. The van der Waals surface area contributed by atoms with Gasteiger partial charge in [-0.15, -0.1) is 11.6 Å². The molecule has 0 aliphatic heterocycles. The van der Waals surface area contributed by atoms with E-state index in [1.165, 1.54) is 38.5 Å². The van der Waals surface area contributed by atoms with Crippen LogP contribution in [0.4, 0.5) is 0 Å². The van der Waals surface area contributed by atoms with Crippen molar-refractivity contribution >= 4 is 34.2 Å². The van der Waals surface area contributed by atoms with Gasteiger partial charge in [0.05, 0.1) is 16.9 Å². The second-order valence-electron chi connectivity index (χ2n) is 5.74. The highest BCUT2D eigenvalue weighted by molar-refractivity contribution is 6.31. The lowest BCUT2D eigenvalue weighted by atomic mass is 10.0. The molecule has 1 aliphatic carbocycles. The van der Waals surface area contributed by atoms with E-state index in [2.05, 4.69) is 15.6 Å². The van der Waals surface area contributed by atoms with Crippen molar-refractivity contribution in [3.05, 3.63) is 29.0 Å². The van der Waals surface area contributed by atoms with E-state index in [4.69, 9.17) is 23.2 Å². The van der Waals surface area contributed by atoms with Crippen LogP contribution in [0.1, 0.15) is 44.3 Å². The fourth-order valence-corrected chi connectivity index (χ4v) is 3.71. The lowest BCUT2D eigenvalue weighted by molar-refractivity contribution is 0.459. The third-order valence-electron chi connectivity index (χ3n) is 4.38. The summed E-state index contributed by atoms with van der Waals surface area (Å²) < 4.78 is 2.26. The molecular formula is C16H20Cl2N2. The minimum Gasteiger partial charge on any atom is -0.327 e. The molecule has 0 bridgehead atoms. The highest BCUT2D eigenvalue weighted by Crippen LogP contribution is 2.29. The number of aryl methyl sites for hydroxylation is 1. The van der Waals surface area contributed by atoms with Crippen molar-refractivity contribution in [1.82, 2.24) is 9.55 Å². The molecule has 0 atom stereocenters. The number of hydrogen-bond acceptors (Lipinski definition) is 1. The van der Waals surface area contributed by atoms with Crippen molar-refractivity contribution < 1.29 is 0 Å². The summed E-state index contributed by atoms with van der Waals surface area (Å²) >= 11 is 12.1. The molecule has 1 heterocycles. The van der Waals surface area contributed by atoms with Crippen LogP contribution in [0.15, 0.2) is 18.2 Å². The molecule has 4 heteroatoms. The lowest BCUT2D eigenvalue weighted by Gasteiger charge is -2.11. The molecule has 0 amide bonds. The Labute approximate surface area is 130 Å². The van der Waals surface area contributed by atoms with Crippen LogP contribution in [-0.2, 0) is 12.4 Å². The van der Waals surface area contributed by atoms with Crippen LogP contribution >= 0.6 is 23.2 Å². The van der Waals surface area contributed by atoms with Gasteiger partial charge in [-0.05, 0) is 37.0 Å².